The van der Waals surface area contributed by atoms with Crippen molar-refractivity contribution in [3.63, 3.8) is 0 Å². The zero-order valence-corrected chi connectivity index (χ0v) is 20.9. The molecule has 2 heterocycles. The van der Waals surface area contributed by atoms with Gasteiger partial charge in [-0.1, -0.05) is 67.4 Å². The molecule has 0 atom stereocenters. The van der Waals surface area contributed by atoms with E-state index in [0.29, 0.717) is 25.7 Å². The van der Waals surface area contributed by atoms with E-state index in [1.54, 1.807) is 24.4 Å². The van der Waals surface area contributed by atoms with Gasteiger partial charge in [-0.05, 0) is 53.5 Å². The van der Waals surface area contributed by atoms with Crippen LogP contribution in [-0.2, 0) is 0 Å². The Balaban J connectivity index is 1.63. The van der Waals surface area contributed by atoms with Crippen LogP contribution in [0.3, 0.4) is 0 Å². The molecule has 0 spiro atoms. The first-order chi connectivity index (χ1) is 15.7. The first kappa shape index (κ1) is 23.5. The summed E-state index contributed by atoms with van der Waals surface area (Å²) in [7, 11) is 0. The topological polar surface area (TPSA) is 69.9 Å². The van der Waals surface area contributed by atoms with Gasteiger partial charge in [-0.3, -0.25) is 9.98 Å². The molecule has 1 aromatic heterocycles. The third-order valence-corrected chi connectivity index (χ3v) is 6.55. The first-order valence-corrected chi connectivity index (χ1v) is 12.1. The van der Waals surface area contributed by atoms with Crippen LogP contribution >= 0.6 is 34.5 Å². The van der Waals surface area contributed by atoms with Gasteiger partial charge in [0.15, 0.2) is 5.13 Å². The minimum Gasteiger partial charge on any atom is -0.492 e. The molecule has 0 amide bonds. The molecule has 0 fully saturated rings. The summed E-state index contributed by atoms with van der Waals surface area (Å²) in [6.45, 7) is 7.39. The molecule has 5 nitrogen and oxygen atoms in total. The summed E-state index contributed by atoms with van der Waals surface area (Å²) < 4.78 is 0. The summed E-state index contributed by atoms with van der Waals surface area (Å²) in [6, 6.07) is 11.2. The van der Waals surface area contributed by atoms with Crippen LogP contribution in [0.4, 0.5) is 10.8 Å². The van der Waals surface area contributed by atoms with Crippen LogP contribution in [0.2, 0.25) is 10.0 Å². The quantitative estimate of drug-likeness (QED) is 0.446. The number of thiazole rings is 1. The van der Waals surface area contributed by atoms with Crippen LogP contribution in [0.25, 0.3) is 6.08 Å². The fourth-order valence-corrected chi connectivity index (χ4v) is 4.55. The molecule has 2 aromatic carbocycles. The molecule has 2 N–H and O–H groups in total. The highest BCUT2D eigenvalue weighted by molar-refractivity contribution is 7.16. The molecule has 4 rings (SSSR count). The van der Waals surface area contributed by atoms with E-state index in [-0.39, 0.29) is 11.3 Å². The Kier molecular flexibility index (Phi) is 6.88. The SMILES string of the molecule is CC(C)(C)CCN=C1C=CN=c2ccc(=Cc3sc(Nc4c(Cl)cccc4Cl)nc3O)cc21. The van der Waals surface area contributed by atoms with E-state index in [1.807, 2.05) is 30.4 Å². The lowest BCUT2D eigenvalue weighted by Crippen LogP contribution is -2.21. The van der Waals surface area contributed by atoms with Gasteiger partial charge in [0.05, 0.1) is 31.7 Å². The number of fused-ring (bicyclic) bond motifs is 1. The van der Waals surface area contributed by atoms with Crippen molar-refractivity contribution in [3.8, 4) is 5.88 Å². The minimum atomic E-state index is -0.0629. The largest absolute Gasteiger partial charge is 0.492 e. The Morgan fingerprint density at radius 1 is 1.15 bits per heavy atom. The molecule has 1 aliphatic rings. The highest BCUT2D eigenvalue weighted by Crippen LogP contribution is 2.36. The van der Waals surface area contributed by atoms with E-state index in [2.05, 4.69) is 36.1 Å². The molecule has 8 heteroatoms. The number of aliphatic imine (C=N–C) groups is 1. The van der Waals surface area contributed by atoms with Crippen molar-refractivity contribution < 1.29 is 5.11 Å². The van der Waals surface area contributed by atoms with Crippen LogP contribution in [0.15, 0.2) is 58.7 Å². The number of anilines is 2. The van der Waals surface area contributed by atoms with Gasteiger partial charge in [0.2, 0.25) is 5.88 Å². The van der Waals surface area contributed by atoms with E-state index >= 15 is 0 Å². The van der Waals surface area contributed by atoms with Crippen molar-refractivity contribution in [3.05, 3.63) is 79.7 Å². The zero-order chi connectivity index (χ0) is 23.6. The molecule has 0 saturated heterocycles. The normalized spacial score (nSPS) is 14.9. The Morgan fingerprint density at radius 3 is 2.64 bits per heavy atom. The van der Waals surface area contributed by atoms with Gasteiger partial charge in [0.1, 0.15) is 0 Å². The van der Waals surface area contributed by atoms with E-state index in [0.717, 1.165) is 34.8 Å². The maximum Gasteiger partial charge on any atom is 0.231 e. The van der Waals surface area contributed by atoms with E-state index in [4.69, 9.17) is 28.2 Å². The van der Waals surface area contributed by atoms with E-state index in [9.17, 15) is 5.11 Å². The summed E-state index contributed by atoms with van der Waals surface area (Å²) >= 11 is 13.8. The number of allylic oxidation sites excluding steroid dienone is 1. The number of benzene rings is 2. The lowest BCUT2D eigenvalue weighted by Gasteiger charge is -2.16. The molecule has 0 saturated carbocycles. The fourth-order valence-electron chi connectivity index (χ4n) is 3.24. The Hall–Kier alpha value is -2.67. The number of aromatic nitrogens is 1. The second kappa shape index (κ2) is 9.67. The van der Waals surface area contributed by atoms with Crippen LogP contribution in [-0.4, -0.2) is 22.3 Å². The van der Waals surface area contributed by atoms with Crippen LogP contribution in [0.1, 0.15) is 37.6 Å². The van der Waals surface area contributed by atoms with Gasteiger partial charge >= 0.3 is 0 Å². The Morgan fingerprint density at radius 2 is 1.91 bits per heavy atom. The third kappa shape index (κ3) is 5.82. The fraction of sp³-hybridized carbons (Fsp3) is 0.240. The summed E-state index contributed by atoms with van der Waals surface area (Å²) in [4.78, 5) is 14.1. The maximum atomic E-state index is 10.4. The summed E-state index contributed by atoms with van der Waals surface area (Å²) in [5.41, 5.74) is 2.68. The molecular weight excluding hydrogens is 475 g/mol. The van der Waals surface area contributed by atoms with E-state index < -0.39 is 0 Å². The van der Waals surface area contributed by atoms with Crippen molar-refractivity contribution in [2.24, 2.45) is 15.4 Å². The van der Waals surface area contributed by atoms with Crippen LogP contribution < -0.4 is 15.9 Å². The average Bonchev–Trinajstić information content (AvgIpc) is 3.09. The summed E-state index contributed by atoms with van der Waals surface area (Å²) in [6.07, 6.45) is 6.61. The van der Waals surface area contributed by atoms with Crippen molar-refractivity contribution in [1.29, 1.82) is 0 Å². The number of hydrogen-bond acceptors (Lipinski definition) is 6. The molecule has 0 bridgehead atoms. The molecule has 0 radical (unpaired) electrons. The number of hydrogen-bond donors (Lipinski definition) is 2. The Labute approximate surface area is 206 Å². The number of aromatic hydroxyl groups is 1. The highest BCUT2D eigenvalue weighted by atomic mass is 35.5. The second-order valence-electron chi connectivity index (χ2n) is 8.87. The predicted octanol–water partition coefficient (Wildman–Crippen LogP) is 6.10. The summed E-state index contributed by atoms with van der Waals surface area (Å²) in [5.74, 6) is -0.0629. The molecule has 0 aliphatic carbocycles. The maximum absolute atomic E-state index is 10.4. The van der Waals surface area contributed by atoms with Crippen LogP contribution in [0.5, 0.6) is 5.88 Å². The molecule has 170 valence electrons. The number of nitrogens with one attached hydrogen (secondary N) is 1. The lowest BCUT2D eigenvalue weighted by molar-refractivity contribution is 0.385. The standard InChI is InChI=1S/C25H24Cl2N4OS/c1-25(2,3)10-12-29-20-9-11-28-19-8-7-15(13-16(19)20)14-21-23(32)31-24(33-21)30-22-17(26)5-4-6-18(22)27/h4-9,11,13-14,32H,10,12H2,1-3H3,(H,30,31). The van der Waals surface area contributed by atoms with Gasteiger partial charge in [0, 0.05) is 18.3 Å². The average molecular weight is 499 g/mol. The van der Waals surface area contributed by atoms with Crippen molar-refractivity contribution in [2.75, 3.05) is 11.9 Å². The third-order valence-electron chi connectivity index (χ3n) is 5.01. The first-order valence-electron chi connectivity index (χ1n) is 10.5. The van der Waals surface area contributed by atoms with Crippen molar-refractivity contribution >= 4 is 57.1 Å². The van der Waals surface area contributed by atoms with Gasteiger partial charge in [0.25, 0.3) is 0 Å². The summed E-state index contributed by atoms with van der Waals surface area (Å²) in [5, 5.41) is 16.8. The smallest absolute Gasteiger partial charge is 0.231 e. The molecule has 3 aromatic rings. The van der Waals surface area contributed by atoms with Crippen molar-refractivity contribution in [1.82, 2.24) is 4.98 Å². The monoisotopic (exact) mass is 498 g/mol. The highest BCUT2D eigenvalue weighted by Gasteiger charge is 2.13. The predicted molar refractivity (Wildman–Crippen MR) is 139 cm³/mol. The second-order valence-corrected chi connectivity index (χ2v) is 10.7. The molecular formula is C25H24Cl2N4OS. The number of nitrogens with zero attached hydrogens (tertiary/aromatic N) is 3. The number of rotatable bonds is 5. The zero-order valence-electron chi connectivity index (χ0n) is 18.6. The van der Waals surface area contributed by atoms with E-state index in [1.165, 1.54) is 11.3 Å². The molecule has 33 heavy (non-hydrogen) atoms. The molecule has 1 aliphatic heterocycles. The van der Waals surface area contributed by atoms with Crippen LogP contribution in [0, 0.1) is 5.41 Å². The number of para-hydroxylation sites is 1. The lowest BCUT2D eigenvalue weighted by atomic mass is 9.92. The van der Waals surface area contributed by atoms with Gasteiger partial charge in [-0.25, -0.2) is 0 Å². The van der Waals surface area contributed by atoms with Gasteiger partial charge in [-0.2, -0.15) is 4.98 Å². The molecule has 0 unspecified atom stereocenters. The van der Waals surface area contributed by atoms with Gasteiger partial charge in [-0.15, -0.1) is 0 Å². The van der Waals surface area contributed by atoms with Gasteiger partial charge < -0.3 is 10.4 Å². The Bertz CT molecular complexity index is 1350. The van der Waals surface area contributed by atoms with Crippen molar-refractivity contribution in [2.45, 2.75) is 27.2 Å². The number of halogens is 2. The minimum absolute atomic E-state index is 0.0629.